The van der Waals surface area contributed by atoms with Crippen molar-refractivity contribution in [2.75, 3.05) is 18.4 Å². The number of carbonyl (C=O) groups excluding carboxylic acids is 1. The Morgan fingerprint density at radius 2 is 1.93 bits per heavy atom. The van der Waals surface area contributed by atoms with E-state index in [0.29, 0.717) is 12.5 Å². The predicted octanol–water partition coefficient (Wildman–Crippen LogP) is 4.69. The molecule has 148 valence electrons. The summed E-state index contributed by atoms with van der Waals surface area (Å²) in [5.74, 6) is 0.419. The molecule has 1 fully saturated rings. The molecule has 2 heterocycles. The van der Waals surface area contributed by atoms with Gasteiger partial charge in [0.15, 0.2) is 0 Å². The summed E-state index contributed by atoms with van der Waals surface area (Å²) in [5, 5.41) is 3.11. The molecule has 1 amide bonds. The molecule has 29 heavy (non-hydrogen) atoms. The second-order valence-electron chi connectivity index (χ2n) is 7.34. The summed E-state index contributed by atoms with van der Waals surface area (Å²) in [6, 6.07) is 15.7. The number of aryl methyl sites for hydroxylation is 1. The first-order valence-corrected chi connectivity index (χ1v) is 9.80. The molecule has 0 unspecified atom stereocenters. The molecule has 1 saturated heterocycles. The van der Waals surface area contributed by atoms with Crippen LogP contribution in [0.2, 0.25) is 0 Å². The van der Waals surface area contributed by atoms with E-state index in [1.54, 1.807) is 18.3 Å². The average molecular weight is 390 g/mol. The van der Waals surface area contributed by atoms with Gasteiger partial charge in [-0.1, -0.05) is 18.2 Å². The maximum atomic E-state index is 13.1. The molecule has 1 aromatic heterocycles. The summed E-state index contributed by atoms with van der Waals surface area (Å²) in [7, 11) is 0. The van der Waals surface area contributed by atoms with Crippen molar-refractivity contribution in [3.05, 3.63) is 83.4 Å². The van der Waals surface area contributed by atoms with Crippen molar-refractivity contribution >= 4 is 17.5 Å². The van der Waals surface area contributed by atoms with Crippen LogP contribution in [0.15, 0.2) is 60.8 Å². The Morgan fingerprint density at radius 3 is 2.72 bits per heavy atom. The van der Waals surface area contributed by atoms with E-state index in [4.69, 9.17) is 0 Å². The predicted molar refractivity (Wildman–Crippen MR) is 111 cm³/mol. The Labute approximate surface area is 169 Å². The van der Waals surface area contributed by atoms with Crippen molar-refractivity contribution in [3.8, 4) is 0 Å². The number of amides is 1. The van der Waals surface area contributed by atoms with Crippen molar-refractivity contribution < 1.29 is 9.18 Å². The molecule has 0 aliphatic carbocycles. The first-order chi connectivity index (χ1) is 14.1. The fourth-order valence-corrected chi connectivity index (χ4v) is 3.71. The fourth-order valence-electron chi connectivity index (χ4n) is 3.71. The Bertz CT molecular complexity index is 1010. The molecule has 1 aliphatic heterocycles. The fraction of sp³-hybridized carbons (Fsp3) is 0.261. The minimum atomic E-state index is -0.286. The molecular formula is C23H23FN4O. The topological polar surface area (TPSA) is 58.1 Å². The maximum Gasteiger partial charge on any atom is 0.254 e. The Morgan fingerprint density at radius 1 is 1.14 bits per heavy atom. The number of rotatable bonds is 4. The number of benzene rings is 2. The van der Waals surface area contributed by atoms with E-state index < -0.39 is 0 Å². The molecule has 3 aromatic rings. The number of carbonyl (C=O) groups is 1. The zero-order valence-corrected chi connectivity index (χ0v) is 16.3. The van der Waals surface area contributed by atoms with Crippen LogP contribution in [0, 0.1) is 12.7 Å². The second-order valence-corrected chi connectivity index (χ2v) is 7.34. The number of hydrogen-bond donors (Lipinski definition) is 1. The lowest BCUT2D eigenvalue weighted by Gasteiger charge is -2.33. The van der Waals surface area contributed by atoms with Crippen molar-refractivity contribution in [1.29, 1.82) is 0 Å². The first-order valence-electron chi connectivity index (χ1n) is 9.80. The van der Waals surface area contributed by atoms with Crippen LogP contribution < -0.4 is 5.32 Å². The Kier molecular flexibility index (Phi) is 5.51. The number of halogens is 1. The van der Waals surface area contributed by atoms with Gasteiger partial charge in [-0.05, 0) is 61.7 Å². The van der Waals surface area contributed by atoms with Gasteiger partial charge in [0.2, 0.25) is 5.95 Å². The molecule has 0 spiro atoms. The van der Waals surface area contributed by atoms with E-state index in [-0.39, 0.29) is 17.6 Å². The van der Waals surface area contributed by atoms with Crippen LogP contribution in [-0.2, 0) is 0 Å². The van der Waals surface area contributed by atoms with Crippen LogP contribution in [-0.4, -0.2) is 33.9 Å². The molecule has 5 nitrogen and oxygen atoms in total. The van der Waals surface area contributed by atoms with Crippen LogP contribution in [0.5, 0.6) is 0 Å². The number of anilines is 2. The molecule has 0 radical (unpaired) electrons. The molecule has 0 bridgehead atoms. The van der Waals surface area contributed by atoms with E-state index in [0.717, 1.165) is 41.9 Å². The van der Waals surface area contributed by atoms with E-state index in [1.807, 2.05) is 42.2 Å². The highest BCUT2D eigenvalue weighted by molar-refractivity contribution is 5.95. The molecule has 2 aromatic carbocycles. The summed E-state index contributed by atoms with van der Waals surface area (Å²) < 4.78 is 13.1. The van der Waals surface area contributed by atoms with E-state index in [2.05, 4.69) is 15.3 Å². The molecule has 1 aliphatic rings. The molecule has 1 atom stereocenters. The lowest BCUT2D eigenvalue weighted by molar-refractivity contribution is 0.0705. The monoisotopic (exact) mass is 390 g/mol. The minimum absolute atomic E-state index is 0.0755. The van der Waals surface area contributed by atoms with Crippen LogP contribution in [0.1, 0.15) is 40.4 Å². The standard InChI is InChI=1S/C23H23FN4O/c1-16-5-2-3-7-20(16)22(29)28-14-4-6-17(15-28)21-12-13-25-23(27-21)26-19-10-8-18(24)9-11-19/h2-3,5,7-13,17H,4,6,14-15H2,1H3,(H,25,26,27)/t17-/m1/s1. The molecule has 1 N–H and O–H groups in total. The largest absolute Gasteiger partial charge is 0.338 e. The molecule has 0 saturated carbocycles. The summed E-state index contributed by atoms with van der Waals surface area (Å²) in [4.78, 5) is 23.8. The number of piperidine rings is 1. The van der Waals surface area contributed by atoms with Gasteiger partial charge in [-0.3, -0.25) is 4.79 Å². The van der Waals surface area contributed by atoms with Gasteiger partial charge in [-0.25, -0.2) is 14.4 Å². The van der Waals surface area contributed by atoms with Gasteiger partial charge < -0.3 is 10.2 Å². The third kappa shape index (κ3) is 4.42. The van der Waals surface area contributed by atoms with Gasteiger partial charge in [0.05, 0.1) is 5.69 Å². The number of hydrogen-bond acceptors (Lipinski definition) is 4. The van der Waals surface area contributed by atoms with Gasteiger partial charge in [-0.15, -0.1) is 0 Å². The first kappa shape index (κ1) is 19.1. The minimum Gasteiger partial charge on any atom is -0.338 e. The highest BCUT2D eigenvalue weighted by Gasteiger charge is 2.27. The number of likely N-dealkylation sites (tertiary alicyclic amines) is 1. The van der Waals surface area contributed by atoms with Crippen LogP contribution in [0.3, 0.4) is 0 Å². The normalized spacial score (nSPS) is 16.5. The van der Waals surface area contributed by atoms with Crippen LogP contribution in [0.4, 0.5) is 16.0 Å². The van der Waals surface area contributed by atoms with Crippen LogP contribution in [0.25, 0.3) is 0 Å². The van der Waals surface area contributed by atoms with Crippen molar-refractivity contribution in [1.82, 2.24) is 14.9 Å². The van der Waals surface area contributed by atoms with Crippen LogP contribution >= 0.6 is 0 Å². The lowest BCUT2D eigenvalue weighted by atomic mass is 9.93. The number of nitrogens with zero attached hydrogens (tertiary/aromatic N) is 3. The van der Waals surface area contributed by atoms with Gasteiger partial charge >= 0.3 is 0 Å². The van der Waals surface area contributed by atoms with E-state index in [9.17, 15) is 9.18 Å². The maximum absolute atomic E-state index is 13.1. The zero-order chi connectivity index (χ0) is 20.2. The summed E-state index contributed by atoms with van der Waals surface area (Å²) >= 11 is 0. The average Bonchev–Trinajstić information content (AvgIpc) is 2.76. The number of nitrogens with one attached hydrogen (secondary N) is 1. The van der Waals surface area contributed by atoms with E-state index in [1.165, 1.54) is 12.1 Å². The van der Waals surface area contributed by atoms with Gasteiger partial charge in [0.25, 0.3) is 5.91 Å². The summed E-state index contributed by atoms with van der Waals surface area (Å²) in [6.45, 7) is 3.36. The van der Waals surface area contributed by atoms with Crippen molar-refractivity contribution in [3.63, 3.8) is 0 Å². The Hall–Kier alpha value is -3.28. The summed E-state index contributed by atoms with van der Waals surface area (Å²) in [6.07, 6.45) is 3.63. The SMILES string of the molecule is Cc1ccccc1C(=O)N1CCC[C@@H](c2ccnc(Nc3ccc(F)cc3)n2)C1. The Balaban J connectivity index is 1.49. The molecule has 6 heteroatoms. The third-order valence-corrected chi connectivity index (χ3v) is 5.28. The quantitative estimate of drug-likeness (QED) is 0.702. The highest BCUT2D eigenvalue weighted by Crippen LogP contribution is 2.27. The van der Waals surface area contributed by atoms with Gasteiger partial charge in [0.1, 0.15) is 5.82 Å². The lowest BCUT2D eigenvalue weighted by Crippen LogP contribution is -2.39. The smallest absolute Gasteiger partial charge is 0.254 e. The summed E-state index contributed by atoms with van der Waals surface area (Å²) in [5.41, 5.74) is 3.39. The highest BCUT2D eigenvalue weighted by atomic mass is 19.1. The van der Waals surface area contributed by atoms with Crippen molar-refractivity contribution in [2.24, 2.45) is 0 Å². The van der Waals surface area contributed by atoms with Crippen molar-refractivity contribution in [2.45, 2.75) is 25.7 Å². The van der Waals surface area contributed by atoms with Gasteiger partial charge in [-0.2, -0.15) is 0 Å². The molecule has 4 rings (SSSR count). The third-order valence-electron chi connectivity index (χ3n) is 5.28. The van der Waals surface area contributed by atoms with Gasteiger partial charge in [0, 0.05) is 36.5 Å². The number of aromatic nitrogens is 2. The zero-order valence-electron chi connectivity index (χ0n) is 16.3. The van der Waals surface area contributed by atoms with E-state index >= 15 is 0 Å². The second kappa shape index (κ2) is 8.39. The molecular weight excluding hydrogens is 367 g/mol.